The van der Waals surface area contributed by atoms with Crippen molar-refractivity contribution in [3.63, 3.8) is 0 Å². The number of carboxylic acids is 1. The summed E-state index contributed by atoms with van der Waals surface area (Å²) in [7, 11) is 0. The molecule has 2 aliphatic carbocycles. The van der Waals surface area contributed by atoms with E-state index in [9.17, 15) is 14.7 Å². The van der Waals surface area contributed by atoms with Crippen LogP contribution in [0.15, 0.2) is 0 Å². The van der Waals surface area contributed by atoms with Crippen LogP contribution in [0.5, 0.6) is 0 Å². The van der Waals surface area contributed by atoms with Gasteiger partial charge in [0.25, 0.3) is 0 Å². The van der Waals surface area contributed by atoms with E-state index in [0.29, 0.717) is 18.9 Å². The zero-order valence-electron chi connectivity index (χ0n) is 11.7. The van der Waals surface area contributed by atoms with E-state index in [2.05, 4.69) is 12.2 Å². The highest BCUT2D eigenvalue weighted by Gasteiger charge is 2.41. The average Bonchev–Trinajstić information content (AvgIpc) is 3.10. The first-order chi connectivity index (χ1) is 9.11. The Balaban J connectivity index is 1.76. The van der Waals surface area contributed by atoms with Crippen molar-refractivity contribution in [2.45, 2.75) is 51.9 Å². The van der Waals surface area contributed by atoms with Crippen LogP contribution in [0.1, 0.15) is 51.9 Å². The molecule has 0 aromatic heterocycles. The normalized spacial score (nSPS) is 30.3. The van der Waals surface area contributed by atoms with Crippen LogP contribution in [0, 0.1) is 23.7 Å². The molecule has 0 spiro atoms. The quantitative estimate of drug-likeness (QED) is 0.696. The zero-order chi connectivity index (χ0) is 13.8. The summed E-state index contributed by atoms with van der Waals surface area (Å²) in [6, 6.07) is 0. The zero-order valence-corrected chi connectivity index (χ0v) is 11.7. The Morgan fingerprint density at radius 3 is 2.42 bits per heavy atom. The topological polar surface area (TPSA) is 66.4 Å². The Hall–Kier alpha value is -1.06. The number of carbonyl (C=O) groups is 2. The predicted octanol–water partition coefficient (Wildman–Crippen LogP) is 2.43. The molecule has 0 radical (unpaired) electrons. The monoisotopic (exact) mass is 267 g/mol. The van der Waals surface area contributed by atoms with E-state index < -0.39 is 11.9 Å². The van der Waals surface area contributed by atoms with Gasteiger partial charge < -0.3 is 10.4 Å². The average molecular weight is 267 g/mol. The molecule has 2 N–H and O–H groups in total. The van der Waals surface area contributed by atoms with Crippen molar-refractivity contribution < 1.29 is 14.7 Å². The Bertz CT molecular complexity index is 338. The largest absolute Gasteiger partial charge is 0.481 e. The van der Waals surface area contributed by atoms with Crippen molar-refractivity contribution in [3.8, 4) is 0 Å². The molecule has 108 valence electrons. The van der Waals surface area contributed by atoms with Gasteiger partial charge >= 0.3 is 5.97 Å². The molecule has 4 heteroatoms. The first-order valence-electron chi connectivity index (χ1n) is 7.62. The Morgan fingerprint density at radius 2 is 1.84 bits per heavy atom. The summed E-state index contributed by atoms with van der Waals surface area (Å²) in [5, 5.41) is 12.2. The third-order valence-corrected chi connectivity index (χ3v) is 4.68. The molecule has 1 unspecified atom stereocenters. The SMILES string of the molecule is CCC1C[C@H](C(=O)NCCCC2CC2)[C@H](C(=O)O)C1. The van der Waals surface area contributed by atoms with Crippen molar-refractivity contribution >= 4 is 11.9 Å². The molecule has 0 aromatic carbocycles. The number of hydrogen-bond acceptors (Lipinski definition) is 2. The van der Waals surface area contributed by atoms with E-state index in [-0.39, 0.29) is 11.8 Å². The van der Waals surface area contributed by atoms with Gasteiger partial charge in [-0.3, -0.25) is 9.59 Å². The number of carbonyl (C=O) groups excluding carboxylic acids is 1. The molecule has 2 aliphatic rings. The lowest BCUT2D eigenvalue weighted by Gasteiger charge is -2.15. The molecule has 3 atom stereocenters. The standard InChI is InChI=1S/C15H25NO3/c1-2-10-8-12(13(9-10)15(18)19)14(17)16-7-3-4-11-5-6-11/h10-13H,2-9H2,1H3,(H,16,17)(H,18,19)/t10?,12-,13+/m0/s1. The number of carboxylic acid groups (broad SMARTS) is 1. The highest BCUT2D eigenvalue weighted by molar-refractivity contribution is 5.85. The lowest BCUT2D eigenvalue weighted by Crippen LogP contribution is -2.35. The first-order valence-corrected chi connectivity index (χ1v) is 7.62. The van der Waals surface area contributed by atoms with E-state index in [1.54, 1.807) is 0 Å². The molecule has 2 rings (SSSR count). The van der Waals surface area contributed by atoms with E-state index >= 15 is 0 Å². The predicted molar refractivity (Wildman–Crippen MR) is 72.6 cm³/mol. The molecule has 0 bridgehead atoms. The maximum atomic E-state index is 12.1. The van der Waals surface area contributed by atoms with Crippen LogP contribution in [-0.2, 0) is 9.59 Å². The Labute approximate surface area is 115 Å². The van der Waals surface area contributed by atoms with Crippen LogP contribution >= 0.6 is 0 Å². The molecule has 2 fully saturated rings. The first kappa shape index (κ1) is 14.4. The van der Waals surface area contributed by atoms with E-state index in [1.165, 1.54) is 19.3 Å². The third-order valence-electron chi connectivity index (χ3n) is 4.68. The molecule has 0 aliphatic heterocycles. The smallest absolute Gasteiger partial charge is 0.307 e. The molecule has 1 amide bonds. The van der Waals surface area contributed by atoms with Crippen LogP contribution in [0.2, 0.25) is 0 Å². The summed E-state index contributed by atoms with van der Waals surface area (Å²) >= 11 is 0. The van der Waals surface area contributed by atoms with E-state index in [1.807, 2.05) is 0 Å². The number of amides is 1. The second-order valence-electron chi connectivity index (χ2n) is 6.17. The van der Waals surface area contributed by atoms with Gasteiger partial charge in [0.15, 0.2) is 0 Å². The van der Waals surface area contributed by atoms with Gasteiger partial charge in [0.1, 0.15) is 0 Å². The highest BCUT2D eigenvalue weighted by atomic mass is 16.4. The summed E-state index contributed by atoms with van der Waals surface area (Å²) in [6.07, 6.45) is 7.28. The molecule has 0 aromatic rings. The number of hydrogen-bond donors (Lipinski definition) is 2. The molecule has 0 heterocycles. The lowest BCUT2D eigenvalue weighted by molar-refractivity contribution is -0.146. The lowest BCUT2D eigenvalue weighted by atomic mass is 9.95. The molecule has 19 heavy (non-hydrogen) atoms. The number of nitrogens with one attached hydrogen (secondary N) is 1. The van der Waals surface area contributed by atoms with Crippen LogP contribution < -0.4 is 5.32 Å². The minimum absolute atomic E-state index is 0.0425. The summed E-state index contributed by atoms with van der Waals surface area (Å²) in [5.74, 6) is -0.368. The second kappa shape index (κ2) is 6.40. The number of rotatable bonds is 7. The Kier molecular flexibility index (Phi) is 4.83. The van der Waals surface area contributed by atoms with E-state index in [0.717, 1.165) is 25.2 Å². The molecule has 4 nitrogen and oxygen atoms in total. The minimum atomic E-state index is -0.811. The third kappa shape index (κ3) is 3.95. The highest BCUT2D eigenvalue weighted by Crippen LogP contribution is 2.38. The van der Waals surface area contributed by atoms with Crippen LogP contribution in [-0.4, -0.2) is 23.5 Å². The fraction of sp³-hybridized carbons (Fsp3) is 0.867. The van der Waals surface area contributed by atoms with Crippen LogP contribution in [0.4, 0.5) is 0 Å². The van der Waals surface area contributed by atoms with Crippen molar-refractivity contribution in [3.05, 3.63) is 0 Å². The van der Waals surface area contributed by atoms with Crippen LogP contribution in [0.25, 0.3) is 0 Å². The summed E-state index contributed by atoms with van der Waals surface area (Å²) < 4.78 is 0. The molecular weight excluding hydrogens is 242 g/mol. The number of aliphatic carboxylic acids is 1. The molecule has 0 saturated heterocycles. The summed E-state index contributed by atoms with van der Waals surface area (Å²) in [4.78, 5) is 23.3. The van der Waals surface area contributed by atoms with Crippen LogP contribution in [0.3, 0.4) is 0 Å². The van der Waals surface area contributed by atoms with Gasteiger partial charge in [0.2, 0.25) is 5.91 Å². The maximum Gasteiger partial charge on any atom is 0.307 e. The van der Waals surface area contributed by atoms with Crippen molar-refractivity contribution in [2.75, 3.05) is 6.54 Å². The van der Waals surface area contributed by atoms with Crippen molar-refractivity contribution in [2.24, 2.45) is 23.7 Å². The van der Waals surface area contributed by atoms with Crippen molar-refractivity contribution in [1.29, 1.82) is 0 Å². The molecule has 2 saturated carbocycles. The summed E-state index contributed by atoms with van der Waals surface area (Å²) in [5.41, 5.74) is 0. The van der Waals surface area contributed by atoms with E-state index in [4.69, 9.17) is 0 Å². The van der Waals surface area contributed by atoms with Gasteiger partial charge in [-0.15, -0.1) is 0 Å². The van der Waals surface area contributed by atoms with Gasteiger partial charge in [0, 0.05) is 6.54 Å². The van der Waals surface area contributed by atoms with Gasteiger partial charge in [-0.2, -0.15) is 0 Å². The summed E-state index contributed by atoms with van der Waals surface area (Å²) in [6.45, 7) is 2.77. The maximum absolute atomic E-state index is 12.1. The van der Waals surface area contributed by atoms with Gasteiger partial charge in [-0.25, -0.2) is 0 Å². The minimum Gasteiger partial charge on any atom is -0.481 e. The van der Waals surface area contributed by atoms with Gasteiger partial charge in [-0.05, 0) is 37.5 Å². The Morgan fingerprint density at radius 1 is 1.16 bits per heavy atom. The fourth-order valence-corrected chi connectivity index (χ4v) is 3.18. The molecular formula is C15H25NO3. The van der Waals surface area contributed by atoms with Crippen molar-refractivity contribution in [1.82, 2.24) is 5.32 Å². The fourth-order valence-electron chi connectivity index (χ4n) is 3.18. The van der Waals surface area contributed by atoms with Gasteiger partial charge in [-0.1, -0.05) is 26.2 Å². The second-order valence-corrected chi connectivity index (χ2v) is 6.17. The van der Waals surface area contributed by atoms with Gasteiger partial charge in [0.05, 0.1) is 11.8 Å².